The van der Waals surface area contributed by atoms with Gasteiger partial charge in [0.15, 0.2) is 11.5 Å². The summed E-state index contributed by atoms with van der Waals surface area (Å²) >= 11 is 0. The number of nitrogens with one attached hydrogen (secondary N) is 3. The van der Waals surface area contributed by atoms with Crippen molar-refractivity contribution in [2.24, 2.45) is 11.8 Å². The van der Waals surface area contributed by atoms with Gasteiger partial charge in [0.2, 0.25) is 5.91 Å². The fourth-order valence-corrected chi connectivity index (χ4v) is 9.15. The van der Waals surface area contributed by atoms with Gasteiger partial charge in [-0.05, 0) is 107 Å². The number of hydrogen-bond acceptors (Lipinski definition) is 13. The van der Waals surface area contributed by atoms with Crippen molar-refractivity contribution in [3.05, 3.63) is 70.8 Å². The molecule has 1 atom stereocenters. The van der Waals surface area contributed by atoms with Crippen LogP contribution in [0.3, 0.4) is 0 Å². The molecule has 9 rings (SSSR count). The molecule has 1 unspecified atom stereocenters. The van der Waals surface area contributed by atoms with Crippen LogP contribution >= 0.6 is 0 Å². The second-order valence-electron chi connectivity index (χ2n) is 16.4. The Morgan fingerprint density at radius 1 is 0.914 bits per heavy atom. The lowest BCUT2D eigenvalue weighted by atomic mass is 9.86. The number of piperidine rings is 3. The van der Waals surface area contributed by atoms with E-state index in [0.29, 0.717) is 28.4 Å². The minimum atomic E-state index is -0.847. The Hall–Kier alpha value is -5.84. The molecular weight excluding hydrogens is 739 g/mol. The normalized spacial score (nSPS) is 22.2. The van der Waals surface area contributed by atoms with Gasteiger partial charge in [-0.2, -0.15) is 4.68 Å². The number of aryl methyl sites for hydroxylation is 1. The third kappa shape index (κ3) is 7.74. The number of imidazole rings is 1. The lowest BCUT2D eigenvalue weighted by Crippen LogP contribution is -2.45. The first kappa shape index (κ1) is 37.7. The molecule has 0 bridgehead atoms. The standard InChI is InChI=1S/C41H49N13O4/c1-25-4-2-6-31(46-25)39(56)47-28-20-29(21-28)53-24-45-36-37(43-23-44-38(36)53)42-15-10-26-11-16-51(17-12-26)22-27-13-18-52(19-14-27)32-7-3-5-30-35(32)41(58)54(50-49-30)33-8-9-34(55)48-40(33)57/h2-7,23-24,26-29,33H,8-22H2,1H3,(H,47,56)(H,42,43,44)(H,48,55,57). The summed E-state index contributed by atoms with van der Waals surface area (Å²) in [6, 6.07) is 10.6. The summed E-state index contributed by atoms with van der Waals surface area (Å²) in [5.74, 6) is 1.01. The van der Waals surface area contributed by atoms with E-state index in [1.807, 2.05) is 37.5 Å². The summed E-state index contributed by atoms with van der Waals surface area (Å²) in [7, 11) is 0. The molecule has 3 N–H and O–H groups in total. The van der Waals surface area contributed by atoms with E-state index >= 15 is 0 Å². The maximum absolute atomic E-state index is 13.7. The molecule has 1 aliphatic carbocycles. The van der Waals surface area contributed by atoms with Crippen LogP contribution < -0.4 is 26.4 Å². The maximum Gasteiger partial charge on any atom is 0.280 e. The lowest BCUT2D eigenvalue weighted by Gasteiger charge is -2.38. The van der Waals surface area contributed by atoms with Crippen LogP contribution in [0.4, 0.5) is 11.5 Å². The quantitative estimate of drug-likeness (QED) is 0.165. The van der Waals surface area contributed by atoms with Gasteiger partial charge in [0.05, 0.1) is 17.4 Å². The van der Waals surface area contributed by atoms with Gasteiger partial charge in [0.25, 0.3) is 17.4 Å². The second-order valence-corrected chi connectivity index (χ2v) is 16.4. The predicted molar refractivity (Wildman–Crippen MR) is 216 cm³/mol. The Morgan fingerprint density at radius 3 is 2.50 bits per heavy atom. The van der Waals surface area contributed by atoms with Crippen LogP contribution in [0, 0.1) is 18.8 Å². The van der Waals surface area contributed by atoms with E-state index in [0.717, 1.165) is 104 Å². The first-order valence-corrected chi connectivity index (χ1v) is 20.6. The van der Waals surface area contributed by atoms with Crippen molar-refractivity contribution < 1.29 is 14.4 Å². The number of likely N-dealkylation sites (tertiary alicyclic amines) is 1. The Bertz CT molecular complexity index is 2390. The molecule has 58 heavy (non-hydrogen) atoms. The number of carbonyl (C=O) groups is 3. The van der Waals surface area contributed by atoms with Gasteiger partial charge in [-0.1, -0.05) is 17.3 Å². The number of rotatable bonds is 11. The molecular formula is C41H49N13O4. The van der Waals surface area contributed by atoms with Gasteiger partial charge in [0.1, 0.15) is 29.1 Å². The second kappa shape index (κ2) is 16.2. The zero-order valence-electron chi connectivity index (χ0n) is 32.7. The van der Waals surface area contributed by atoms with Crippen LogP contribution in [0.25, 0.3) is 22.1 Å². The molecule has 4 fully saturated rings. The molecule has 3 aliphatic heterocycles. The van der Waals surface area contributed by atoms with Crippen LogP contribution in [-0.2, 0) is 9.59 Å². The number of fused-ring (bicyclic) bond motifs is 2. The number of carbonyl (C=O) groups excluding carboxylic acids is 3. The highest BCUT2D eigenvalue weighted by Crippen LogP contribution is 2.35. The Balaban J connectivity index is 0.721. The molecule has 1 aromatic carbocycles. The lowest BCUT2D eigenvalue weighted by molar-refractivity contribution is -0.136. The van der Waals surface area contributed by atoms with Gasteiger partial charge >= 0.3 is 0 Å². The minimum absolute atomic E-state index is 0.0896. The van der Waals surface area contributed by atoms with E-state index in [4.69, 9.17) is 0 Å². The molecule has 4 aliphatic rings. The Kier molecular flexibility index (Phi) is 10.5. The SMILES string of the molecule is Cc1cccc(C(=O)NC2CC(n3cnc4c(NCCC5CCN(CC6CCN(c7cccc8nnn(C9CCC(=O)NC9=O)c(=O)c78)CC6)CC5)ncnc43)C2)n1. The van der Waals surface area contributed by atoms with Crippen LogP contribution in [0.5, 0.6) is 0 Å². The van der Waals surface area contributed by atoms with E-state index in [1.165, 1.54) is 12.8 Å². The first-order chi connectivity index (χ1) is 28.3. The maximum atomic E-state index is 13.7. The summed E-state index contributed by atoms with van der Waals surface area (Å²) < 4.78 is 3.25. The fourth-order valence-electron chi connectivity index (χ4n) is 9.15. The molecule has 7 heterocycles. The van der Waals surface area contributed by atoms with Gasteiger partial charge in [-0.3, -0.25) is 24.5 Å². The van der Waals surface area contributed by atoms with E-state index < -0.39 is 11.9 Å². The molecule has 17 nitrogen and oxygen atoms in total. The molecule has 0 radical (unpaired) electrons. The number of hydrogen-bond donors (Lipinski definition) is 3. The van der Waals surface area contributed by atoms with Crippen LogP contribution in [-0.4, -0.2) is 107 Å². The monoisotopic (exact) mass is 787 g/mol. The third-order valence-corrected chi connectivity index (χ3v) is 12.5. The summed E-state index contributed by atoms with van der Waals surface area (Å²) in [6.07, 6.45) is 10.9. The zero-order chi connectivity index (χ0) is 39.8. The van der Waals surface area contributed by atoms with Gasteiger partial charge < -0.3 is 25.0 Å². The predicted octanol–water partition coefficient (Wildman–Crippen LogP) is 3.18. The molecule has 5 aromatic rings. The number of benzene rings is 1. The molecule has 3 saturated heterocycles. The van der Waals surface area contributed by atoms with Gasteiger partial charge in [-0.15, -0.1) is 5.10 Å². The number of nitrogens with zero attached hydrogens (tertiary/aromatic N) is 10. The van der Waals surface area contributed by atoms with Crippen molar-refractivity contribution >= 4 is 51.3 Å². The van der Waals surface area contributed by atoms with Crippen LogP contribution in [0.2, 0.25) is 0 Å². The van der Waals surface area contributed by atoms with Crippen molar-refractivity contribution in [2.45, 2.75) is 82.8 Å². The minimum Gasteiger partial charge on any atom is -0.371 e. The smallest absolute Gasteiger partial charge is 0.280 e. The average Bonchev–Trinajstić information content (AvgIpc) is 3.65. The van der Waals surface area contributed by atoms with Crippen molar-refractivity contribution in [1.29, 1.82) is 0 Å². The largest absolute Gasteiger partial charge is 0.371 e. The summed E-state index contributed by atoms with van der Waals surface area (Å²) in [6.45, 7) is 7.66. The highest BCUT2D eigenvalue weighted by atomic mass is 16.2. The van der Waals surface area contributed by atoms with Crippen LogP contribution in [0.15, 0.2) is 53.8 Å². The number of imide groups is 1. The van der Waals surface area contributed by atoms with Crippen molar-refractivity contribution in [2.75, 3.05) is 49.5 Å². The van der Waals surface area contributed by atoms with Crippen molar-refractivity contribution in [1.82, 2.24) is 55.0 Å². The molecule has 302 valence electrons. The van der Waals surface area contributed by atoms with Crippen LogP contribution in [0.1, 0.15) is 86.1 Å². The summed E-state index contributed by atoms with van der Waals surface area (Å²) in [5.41, 5.74) is 3.84. The first-order valence-electron chi connectivity index (χ1n) is 20.6. The Labute approximate surface area is 335 Å². The molecule has 3 amide bonds. The number of aromatic nitrogens is 8. The fraction of sp³-hybridized carbons (Fsp3) is 0.512. The molecule has 4 aromatic heterocycles. The van der Waals surface area contributed by atoms with E-state index in [-0.39, 0.29) is 42.3 Å². The zero-order valence-corrected chi connectivity index (χ0v) is 32.7. The molecule has 17 heteroatoms. The van der Waals surface area contributed by atoms with Crippen molar-refractivity contribution in [3.63, 3.8) is 0 Å². The number of pyridine rings is 1. The summed E-state index contributed by atoms with van der Waals surface area (Å²) in [5, 5.41) is 17.8. The van der Waals surface area contributed by atoms with E-state index in [2.05, 4.69) is 60.6 Å². The highest BCUT2D eigenvalue weighted by molar-refractivity contribution is 5.99. The number of amides is 3. The third-order valence-electron chi connectivity index (χ3n) is 12.5. The van der Waals surface area contributed by atoms with Crippen molar-refractivity contribution in [3.8, 4) is 0 Å². The topological polar surface area (TPSA) is 198 Å². The van der Waals surface area contributed by atoms with E-state index in [9.17, 15) is 19.2 Å². The van der Waals surface area contributed by atoms with E-state index in [1.54, 1.807) is 18.5 Å². The highest BCUT2D eigenvalue weighted by Gasteiger charge is 2.34. The number of anilines is 2. The molecule has 0 spiro atoms. The Morgan fingerprint density at radius 2 is 1.71 bits per heavy atom. The molecule has 1 saturated carbocycles. The average molecular weight is 788 g/mol. The van der Waals surface area contributed by atoms with Gasteiger partial charge in [0, 0.05) is 50.4 Å². The summed E-state index contributed by atoms with van der Waals surface area (Å²) in [4.78, 5) is 73.6. The van der Waals surface area contributed by atoms with Gasteiger partial charge in [-0.25, -0.2) is 19.9 Å².